The lowest BCUT2D eigenvalue weighted by Crippen LogP contribution is -2.16. The minimum atomic E-state index is -0.677. The molecular formula is C18H17FN4O2. The van der Waals surface area contributed by atoms with Gasteiger partial charge >= 0.3 is 0 Å². The average molecular weight is 340 g/mol. The Morgan fingerprint density at radius 2 is 1.44 bits per heavy atom. The molecule has 1 heterocycles. The normalized spacial score (nSPS) is 10.4. The van der Waals surface area contributed by atoms with Crippen LogP contribution in [-0.2, 0) is 0 Å². The number of ether oxygens (including phenoxy) is 2. The zero-order valence-electron chi connectivity index (χ0n) is 13.8. The van der Waals surface area contributed by atoms with Gasteiger partial charge in [0.1, 0.15) is 11.5 Å². The maximum Gasteiger partial charge on any atom is 0.236 e. The number of aromatic nitrogens is 2. The van der Waals surface area contributed by atoms with Gasteiger partial charge in [-0.1, -0.05) is 24.3 Å². The molecule has 0 amide bonds. The molecule has 25 heavy (non-hydrogen) atoms. The summed E-state index contributed by atoms with van der Waals surface area (Å²) in [4.78, 5) is 9.88. The fraction of sp³-hybridized carbons (Fsp3) is 0.111. The molecule has 0 unspecified atom stereocenters. The van der Waals surface area contributed by atoms with E-state index >= 15 is 0 Å². The third kappa shape index (κ3) is 3.16. The second kappa shape index (κ2) is 7.04. The van der Waals surface area contributed by atoms with Gasteiger partial charge in [0.2, 0.25) is 5.95 Å². The van der Waals surface area contributed by atoms with Gasteiger partial charge in [-0.3, -0.25) is 4.90 Å². The van der Waals surface area contributed by atoms with E-state index in [0.717, 1.165) is 6.20 Å². The fourth-order valence-corrected chi connectivity index (χ4v) is 2.45. The van der Waals surface area contributed by atoms with Crippen molar-refractivity contribution in [2.75, 3.05) is 24.9 Å². The highest BCUT2D eigenvalue weighted by molar-refractivity contribution is 5.80. The van der Waals surface area contributed by atoms with Crippen LogP contribution in [0, 0.1) is 5.82 Å². The van der Waals surface area contributed by atoms with Crippen molar-refractivity contribution in [3.63, 3.8) is 0 Å². The maximum atomic E-state index is 13.5. The van der Waals surface area contributed by atoms with Crippen LogP contribution in [0.1, 0.15) is 0 Å². The Labute approximate surface area is 144 Å². The van der Waals surface area contributed by atoms with Gasteiger partial charge in [0.15, 0.2) is 11.6 Å². The molecule has 6 nitrogen and oxygen atoms in total. The number of nitrogen functional groups attached to an aromatic ring is 1. The summed E-state index contributed by atoms with van der Waals surface area (Å²) in [6.07, 6.45) is 1.04. The van der Waals surface area contributed by atoms with Crippen LogP contribution in [-0.4, -0.2) is 24.2 Å². The van der Waals surface area contributed by atoms with Crippen LogP contribution in [0.3, 0.4) is 0 Å². The number of hydrogen-bond acceptors (Lipinski definition) is 6. The van der Waals surface area contributed by atoms with Crippen molar-refractivity contribution in [1.29, 1.82) is 0 Å². The van der Waals surface area contributed by atoms with Crippen LogP contribution >= 0.6 is 0 Å². The number of nitrogens with two attached hydrogens (primary N) is 1. The van der Waals surface area contributed by atoms with Crippen LogP contribution in [0.15, 0.2) is 54.7 Å². The van der Waals surface area contributed by atoms with Gasteiger partial charge in [-0.05, 0) is 24.3 Å². The molecule has 2 N–H and O–H groups in total. The van der Waals surface area contributed by atoms with Crippen LogP contribution in [0.5, 0.6) is 11.5 Å². The van der Waals surface area contributed by atoms with E-state index in [1.807, 2.05) is 48.5 Å². The number of rotatable bonds is 5. The van der Waals surface area contributed by atoms with Crippen LogP contribution < -0.4 is 20.1 Å². The van der Waals surface area contributed by atoms with E-state index < -0.39 is 5.82 Å². The maximum absolute atomic E-state index is 13.5. The van der Waals surface area contributed by atoms with Crippen LogP contribution in [0.4, 0.5) is 27.5 Å². The summed E-state index contributed by atoms with van der Waals surface area (Å²) in [6, 6.07) is 14.7. The van der Waals surface area contributed by atoms with E-state index in [1.54, 1.807) is 19.1 Å². The molecule has 3 rings (SSSR count). The van der Waals surface area contributed by atoms with Gasteiger partial charge in [0.05, 0.1) is 31.8 Å². The Hall–Kier alpha value is -3.35. The molecule has 0 bridgehead atoms. The Kier molecular flexibility index (Phi) is 4.65. The van der Waals surface area contributed by atoms with Gasteiger partial charge in [-0.25, -0.2) is 9.37 Å². The topological polar surface area (TPSA) is 73.5 Å². The quantitative estimate of drug-likeness (QED) is 0.764. The first-order valence-electron chi connectivity index (χ1n) is 7.50. The summed E-state index contributed by atoms with van der Waals surface area (Å²) < 4.78 is 24.4. The lowest BCUT2D eigenvalue weighted by molar-refractivity contribution is 0.412. The zero-order valence-corrected chi connectivity index (χ0v) is 13.8. The molecule has 0 saturated carbocycles. The van der Waals surface area contributed by atoms with Crippen LogP contribution in [0.2, 0.25) is 0 Å². The third-order valence-corrected chi connectivity index (χ3v) is 3.61. The van der Waals surface area contributed by atoms with Crippen molar-refractivity contribution in [3.05, 3.63) is 60.5 Å². The van der Waals surface area contributed by atoms with Crippen molar-refractivity contribution < 1.29 is 13.9 Å². The Morgan fingerprint density at radius 3 is 1.92 bits per heavy atom. The van der Waals surface area contributed by atoms with E-state index in [4.69, 9.17) is 15.2 Å². The lowest BCUT2D eigenvalue weighted by atomic mass is 10.2. The minimum absolute atomic E-state index is 0.202. The summed E-state index contributed by atoms with van der Waals surface area (Å²) in [5, 5.41) is 0. The highest BCUT2D eigenvalue weighted by Crippen LogP contribution is 2.42. The largest absolute Gasteiger partial charge is 0.495 e. The predicted molar refractivity (Wildman–Crippen MR) is 94.2 cm³/mol. The second-order valence-electron chi connectivity index (χ2n) is 5.08. The first-order valence-corrected chi connectivity index (χ1v) is 7.50. The first kappa shape index (κ1) is 16.5. The molecule has 0 atom stereocenters. The monoisotopic (exact) mass is 340 g/mol. The van der Waals surface area contributed by atoms with Crippen molar-refractivity contribution in [1.82, 2.24) is 9.97 Å². The number of nitrogens with zero attached hydrogens (tertiary/aromatic N) is 3. The standard InChI is InChI=1S/C18H17FN4O2/c1-24-15-9-5-3-7-13(15)23(14-8-4-6-10-16(14)25-2)18-21-11-12(19)17(20)22-18/h3-11H,1-2H3,(H2,20,21,22). The summed E-state index contributed by atoms with van der Waals surface area (Å²) in [6.45, 7) is 0. The molecule has 0 spiro atoms. The SMILES string of the molecule is COc1ccccc1N(c1ncc(F)c(N)n1)c1ccccc1OC. The highest BCUT2D eigenvalue weighted by Gasteiger charge is 2.22. The highest BCUT2D eigenvalue weighted by atomic mass is 19.1. The van der Waals surface area contributed by atoms with E-state index in [2.05, 4.69) is 9.97 Å². The molecule has 0 aliphatic rings. The molecule has 0 saturated heterocycles. The van der Waals surface area contributed by atoms with Crippen molar-refractivity contribution >= 4 is 23.1 Å². The van der Waals surface area contributed by atoms with Gasteiger partial charge in [0, 0.05) is 0 Å². The molecule has 0 aliphatic heterocycles. The zero-order chi connectivity index (χ0) is 17.8. The van der Waals surface area contributed by atoms with Crippen molar-refractivity contribution in [3.8, 4) is 11.5 Å². The minimum Gasteiger partial charge on any atom is -0.495 e. The molecule has 0 radical (unpaired) electrons. The van der Waals surface area contributed by atoms with Gasteiger partial charge < -0.3 is 15.2 Å². The smallest absolute Gasteiger partial charge is 0.236 e. The Bertz CT molecular complexity index is 841. The third-order valence-electron chi connectivity index (χ3n) is 3.61. The molecule has 2 aromatic carbocycles. The van der Waals surface area contributed by atoms with E-state index in [0.29, 0.717) is 22.9 Å². The molecule has 0 aliphatic carbocycles. The average Bonchev–Trinajstić information content (AvgIpc) is 2.65. The van der Waals surface area contributed by atoms with Gasteiger partial charge in [-0.2, -0.15) is 4.98 Å². The second-order valence-corrected chi connectivity index (χ2v) is 5.08. The fourth-order valence-electron chi connectivity index (χ4n) is 2.45. The summed E-state index contributed by atoms with van der Waals surface area (Å²) in [5.41, 5.74) is 6.97. The number of halogens is 1. The lowest BCUT2D eigenvalue weighted by Gasteiger charge is -2.26. The Morgan fingerprint density at radius 1 is 0.920 bits per heavy atom. The van der Waals surface area contributed by atoms with Gasteiger partial charge in [0.25, 0.3) is 0 Å². The van der Waals surface area contributed by atoms with E-state index in [9.17, 15) is 4.39 Å². The number of hydrogen-bond donors (Lipinski definition) is 1. The molecule has 3 aromatic rings. The molecule has 7 heteroatoms. The molecule has 128 valence electrons. The number of methoxy groups -OCH3 is 2. The van der Waals surface area contributed by atoms with Crippen LogP contribution in [0.25, 0.3) is 0 Å². The molecule has 0 fully saturated rings. The van der Waals surface area contributed by atoms with Gasteiger partial charge in [-0.15, -0.1) is 0 Å². The summed E-state index contributed by atoms with van der Waals surface area (Å²) in [7, 11) is 3.14. The first-order chi connectivity index (χ1) is 12.2. The van der Waals surface area contributed by atoms with E-state index in [1.165, 1.54) is 0 Å². The van der Waals surface area contributed by atoms with E-state index in [-0.39, 0.29) is 11.8 Å². The number of anilines is 4. The number of benzene rings is 2. The molecular weight excluding hydrogens is 323 g/mol. The molecule has 1 aromatic heterocycles. The van der Waals surface area contributed by atoms with Crippen molar-refractivity contribution in [2.45, 2.75) is 0 Å². The van der Waals surface area contributed by atoms with Crippen molar-refractivity contribution in [2.24, 2.45) is 0 Å². The number of para-hydroxylation sites is 4. The summed E-state index contributed by atoms with van der Waals surface area (Å²) in [5.74, 6) is 0.483. The predicted octanol–water partition coefficient (Wildman–Crippen LogP) is 3.68. The Balaban J connectivity index is 2.26. The summed E-state index contributed by atoms with van der Waals surface area (Å²) >= 11 is 0.